The van der Waals surface area contributed by atoms with Gasteiger partial charge in [-0.15, -0.1) is 0 Å². The predicted octanol–water partition coefficient (Wildman–Crippen LogP) is 1.90. The summed E-state index contributed by atoms with van der Waals surface area (Å²) in [6, 6.07) is 10.0. The van der Waals surface area contributed by atoms with E-state index in [4.69, 9.17) is 47.4 Å². The number of hydrogen-bond donors (Lipinski definition) is 0. The van der Waals surface area contributed by atoms with E-state index in [9.17, 15) is 28.8 Å². The first kappa shape index (κ1) is 35.9. The molecule has 0 aliphatic carbocycles. The summed E-state index contributed by atoms with van der Waals surface area (Å²) < 4.78 is 56.4. The van der Waals surface area contributed by atoms with E-state index in [0.717, 1.165) is 27.7 Å². The Bertz CT molecular complexity index is 1430. The Kier molecular flexibility index (Phi) is 11.8. The van der Waals surface area contributed by atoms with Crippen molar-refractivity contribution in [3.05, 3.63) is 36.4 Å². The minimum absolute atomic E-state index is 0.159. The zero-order valence-electron chi connectivity index (χ0n) is 27.0. The van der Waals surface area contributed by atoms with E-state index in [2.05, 4.69) is 0 Å². The monoisotopic (exact) mass is 676 g/mol. The van der Waals surface area contributed by atoms with Gasteiger partial charge in [-0.3, -0.25) is 28.8 Å². The van der Waals surface area contributed by atoms with E-state index in [1.807, 2.05) is 0 Å². The van der Waals surface area contributed by atoms with Crippen molar-refractivity contribution in [3.8, 4) is 11.5 Å². The van der Waals surface area contributed by atoms with Gasteiger partial charge in [-0.1, -0.05) is 24.3 Å². The summed E-state index contributed by atoms with van der Waals surface area (Å²) in [6.45, 7) is 6.36. The van der Waals surface area contributed by atoms with Crippen molar-refractivity contribution >= 4 is 46.6 Å². The molecular weight excluding hydrogens is 640 g/mol. The van der Waals surface area contributed by atoms with E-state index >= 15 is 0 Å². The smallest absolute Gasteiger partial charge is 0.303 e. The van der Waals surface area contributed by atoms with Crippen molar-refractivity contribution < 1.29 is 76.1 Å². The summed E-state index contributed by atoms with van der Waals surface area (Å²) in [5.74, 6) is -3.99. The van der Waals surface area contributed by atoms with Gasteiger partial charge in [0.05, 0.1) is 18.6 Å². The van der Waals surface area contributed by atoms with E-state index < -0.39 is 85.0 Å². The van der Waals surface area contributed by atoms with Crippen LogP contribution < -0.4 is 9.47 Å². The number of fused-ring (bicyclic) bond motifs is 1. The summed E-state index contributed by atoms with van der Waals surface area (Å²) in [4.78, 5) is 71.8. The van der Waals surface area contributed by atoms with Crippen molar-refractivity contribution in [1.29, 1.82) is 0 Å². The summed E-state index contributed by atoms with van der Waals surface area (Å²) in [7, 11) is 0. The Labute approximate surface area is 274 Å². The number of rotatable bonds is 10. The van der Waals surface area contributed by atoms with Crippen molar-refractivity contribution in [2.75, 3.05) is 13.2 Å². The van der Waals surface area contributed by atoms with Crippen LogP contribution in [0, 0.1) is 0 Å². The second kappa shape index (κ2) is 15.8. The topological polar surface area (TPSA) is 195 Å². The van der Waals surface area contributed by atoms with Gasteiger partial charge < -0.3 is 47.4 Å². The number of benzene rings is 2. The maximum Gasteiger partial charge on any atom is 0.303 e. The zero-order valence-corrected chi connectivity index (χ0v) is 27.0. The first-order valence-corrected chi connectivity index (χ1v) is 14.8. The Morgan fingerprint density at radius 1 is 0.500 bits per heavy atom. The molecule has 4 rings (SSSR count). The first-order valence-electron chi connectivity index (χ1n) is 14.8. The number of ether oxygens (including phenoxy) is 10. The SMILES string of the molecule is CC(=O)O[C@@H]1[C@@H](OC(C)=O)[C@H](Oc2cccc3cccc(O[C@@H]4OC[C@@H](OC(C)=O)[C@H](OC(C)=O)[C@H]4OC(C)=O)c23)OC[C@H]1OC(C)=O. The van der Waals surface area contributed by atoms with Crippen LogP contribution in [0.5, 0.6) is 11.5 Å². The van der Waals surface area contributed by atoms with Crippen LogP contribution in [-0.4, -0.2) is 98.2 Å². The molecule has 0 radical (unpaired) electrons. The second-order valence-electron chi connectivity index (χ2n) is 10.8. The van der Waals surface area contributed by atoms with E-state index in [1.165, 1.54) is 13.8 Å². The molecule has 0 unspecified atom stereocenters. The molecular formula is C32H36O16. The molecule has 8 atom stereocenters. The van der Waals surface area contributed by atoms with Crippen LogP contribution in [0.15, 0.2) is 36.4 Å². The Morgan fingerprint density at radius 3 is 1.17 bits per heavy atom. The summed E-state index contributed by atoms with van der Waals surface area (Å²) in [5, 5.41) is 0.973. The summed E-state index contributed by atoms with van der Waals surface area (Å²) >= 11 is 0. The van der Waals surface area contributed by atoms with Gasteiger partial charge in [-0.2, -0.15) is 0 Å². The van der Waals surface area contributed by atoms with Crippen LogP contribution in [0.3, 0.4) is 0 Å². The molecule has 2 aromatic carbocycles. The average Bonchev–Trinajstić information content (AvgIpc) is 2.97. The van der Waals surface area contributed by atoms with Gasteiger partial charge >= 0.3 is 35.8 Å². The van der Waals surface area contributed by atoms with Crippen molar-refractivity contribution in [2.24, 2.45) is 0 Å². The highest BCUT2D eigenvalue weighted by Gasteiger charge is 2.50. The quantitative estimate of drug-likeness (QED) is 0.261. The lowest BCUT2D eigenvalue weighted by molar-refractivity contribution is -0.260. The predicted molar refractivity (Wildman–Crippen MR) is 158 cm³/mol. The molecule has 2 aromatic rings. The molecule has 16 heteroatoms. The summed E-state index contributed by atoms with van der Waals surface area (Å²) in [6.07, 6.45) is -10.2. The highest BCUT2D eigenvalue weighted by atomic mass is 16.7. The van der Waals surface area contributed by atoms with E-state index in [-0.39, 0.29) is 24.7 Å². The molecule has 2 fully saturated rings. The molecule has 48 heavy (non-hydrogen) atoms. The number of carbonyl (C=O) groups is 6. The van der Waals surface area contributed by atoms with Crippen LogP contribution in [0.1, 0.15) is 41.5 Å². The fourth-order valence-corrected chi connectivity index (χ4v) is 5.34. The van der Waals surface area contributed by atoms with Gasteiger partial charge in [0.1, 0.15) is 11.5 Å². The second-order valence-corrected chi connectivity index (χ2v) is 10.8. The third-order valence-corrected chi connectivity index (χ3v) is 6.92. The van der Waals surface area contributed by atoms with Gasteiger partial charge in [0.15, 0.2) is 24.4 Å². The molecule has 260 valence electrons. The fraction of sp³-hybridized carbons (Fsp3) is 0.500. The Morgan fingerprint density at radius 2 is 0.833 bits per heavy atom. The standard InChI is InChI=1S/C32H36O16/c1-15(33)41-24-13-39-31(29(45-19(5)37)27(24)43-17(3)35)47-22-11-7-9-21-10-8-12-23(26(21)22)48-32-30(46-20(6)38)28(44-18(4)36)25(14-40-32)42-16(2)34/h7-12,24-25,27-32H,13-14H2,1-6H3/t24-,25-,27+,28+,29-,30-,31+,32+/m1/s1. The van der Waals surface area contributed by atoms with Crippen LogP contribution in [-0.2, 0) is 66.7 Å². The number of esters is 6. The lowest BCUT2D eigenvalue weighted by Crippen LogP contribution is -2.59. The molecule has 0 bridgehead atoms. The maximum atomic E-state index is 12.1. The molecule has 0 spiro atoms. The molecule has 2 heterocycles. The van der Waals surface area contributed by atoms with E-state index in [0.29, 0.717) is 10.8 Å². The lowest BCUT2D eigenvalue weighted by atomic mass is 10.0. The van der Waals surface area contributed by atoms with Crippen LogP contribution in [0.4, 0.5) is 0 Å². The molecule has 0 amide bonds. The molecule has 0 saturated carbocycles. The highest BCUT2D eigenvalue weighted by molar-refractivity contribution is 5.93. The van der Waals surface area contributed by atoms with Gasteiger partial charge in [-0.05, 0) is 17.5 Å². The zero-order chi connectivity index (χ0) is 35.1. The van der Waals surface area contributed by atoms with Crippen molar-refractivity contribution in [2.45, 2.75) is 90.7 Å². The van der Waals surface area contributed by atoms with Gasteiger partial charge in [0.2, 0.25) is 24.8 Å². The van der Waals surface area contributed by atoms with Gasteiger partial charge in [-0.25, -0.2) is 0 Å². The molecule has 2 aliphatic heterocycles. The number of carbonyl (C=O) groups excluding carboxylic acids is 6. The van der Waals surface area contributed by atoms with Gasteiger partial charge in [0.25, 0.3) is 0 Å². The van der Waals surface area contributed by atoms with Crippen LogP contribution in [0.2, 0.25) is 0 Å². The van der Waals surface area contributed by atoms with Crippen molar-refractivity contribution in [1.82, 2.24) is 0 Å². The Balaban J connectivity index is 1.71. The lowest BCUT2D eigenvalue weighted by Gasteiger charge is -2.40. The normalized spacial score (nSPS) is 26.7. The van der Waals surface area contributed by atoms with E-state index in [1.54, 1.807) is 36.4 Å². The van der Waals surface area contributed by atoms with Crippen LogP contribution in [0.25, 0.3) is 10.8 Å². The highest BCUT2D eigenvalue weighted by Crippen LogP contribution is 2.38. The molecule has 2 saturated heterocycles. The molecule has 0 aromatic heterocycles. The third kappa shape index (κ3) is 9.10. The average molecular weight is 677 g/mol. The molecule has 0 N–H and O–H groups in total. The third-order valence-electron chi connectivity index (χ3n) is 6.92. The maximum absolute atomic E-state index is 12.1. The minimum Gasteiger partial charge on any atom is -0.460 e. The molecule has 2 aliphatic rings. The van der Waals surface area contributed by atoms with Crippen LogP contribution >= 0.6 is 0 Å². The number of hydrogen-bond acceptors (Lipinski definition) is 16. The summed E-state index contributed by atoms with van der Waals surface area (Å²) in [5.41, 5.74) is 0. The fourth-order valence-electron chi connectivity index (χ4n) is 5.34. The molecule has 16 nitrogen and oxygen atoms in total. The minimum atomic E-state index is -1.37. The largest absolute Gasteiger partial charge is 0.460 e. The first-order chi connectivity index (χ1) is 22.7. The Hall–Kier alpha value is -4.96. The van der Waals surface area contributed by atoms with Crippen molar-refractivity contribution in [3.63, 3.8) is 0 Å². The van der Waals surface area contributed by atoms with Gasteiger partial charge in [0, 0.05) is 41.5 Å².